The van der Waals surface area contributed by atoms with Gasteiger partial charge in [-0.05, 0) is 55.3 Å². The Labute approximate surface area is 180 Å². The van der Waals surface area contributed by atoms with E-state index in [-0.39, 0.29) is 0 Å². The number of pyridine rings is 1. The molecule has 1 aromatic carbocycles. The maximum atomic E-state index is 10.4. The number of benzene rings is 1. The van der Waals surface area contributed by atoms with Gasteiger partial charge in [-0.15, -0.1) is 0 Å². The Hall–Kier alpha value is -1.99. The van der Waals surface area contributed by atoms with Crippen LogP contribution in [0.4, 0.5) is 0 Å². The van der Waals surface area contributed by atoms with Crippen molar-refractivity contribution in [1.29, 1.82) is 0 Å². The molecular formula is C24H36N4O2. The highest BCUT2D eigenvalue weighted by Gasteiger charge is 2.18. The Morgan fingerprint density at radius 2 is 1.90 bits per heavy atom. The van der Waals surface area contributed by atoms with Crippen LogP contribution in [0.3, 0.4) is 0 Å². The molecule has 2 heterocycles. The van der Waals surface area contributed by atoms with Crippen LogP contribution in [0, 0.1) is 0 Å². The third kappa shape index (κ3) is 8.03. The van der Waals surface area contributed by atoms with Gasteiger partial charge in [-0.2, -0.15) is 0 Å². The van der Waals surface area contributed by atoms with E-state index in [1.165, 1.54) is 11.1 Å². The highest BCUT2D eigenvalue weighted by atomic mass is 16.5. The number of nitrogens with zero attached hydrogens (tertiary/aromatic N) is 3. The van der Waals surface area contributed by atoms with Crippen LogP contribution in [0.5, 0.6) is 5.75 Å². The summed E-state index contributed by atoms with van der Waals surface area (Å²) in [5, 5.41) is 13.8. The monoisotopic (exact) mass is 412 g/mol. The van der Waals surface area contributed by atoms with E-state index >= 15 is 0 Å². The molecular weight excluding hydrogens is 376 g/mol. The van der Waals surface area contributed by atoms with Crippen molar-refractivity contribution in [1.82, 2.24) is 20.1 Å². The van der Waals surface area contributed by atoms with Crippen molar-refractivity contribution in [2.45, 2.75) is 32.4 Å². The zero-order valence-electron chi connectivity index (χ0n) is 18.2. The second-order valence-corrected chi connectivity index (χ2v) is 7.99. The molecule has 1 aliphatic rings. The van der Waals surface area contributed by atoms with Crippen molar-refractivity contribution in [3.8, 4) is 5.75 Å². The first-order chi connectivity index (χ1) is 14.7. The number of aryl methyl sites for hydroxylation is 1. The smallest absolute Gasteiger partial charge is 0.119 e. The van der Waals surface area contributed by atoms with Crippen molar-refractivity contribution in [3.05, 3.63) is 59.9 Å². The first kappa shape index (κ1) is 22.7. The van der Waals surface area contributed by atoms with E-state index in [1.807, 2.05) is 30.6 Å². The van der Waals surface area contributed by atoms with Crippen molar-refractivity contribution in [2.75, 3.05) is 52.4 Å². The van der Waals surface area contributed by atoms with Crippen LogP contribution in [-0.4, -0.2) is 78.4 Å². The highest BCUT2D eigenvalue weighted by Crippen LogP contribution is 2.14. The first-order valence-corrected chi connectivity index (χ1v) is 11.2. The van der Waals surface area contributed by atoms with Crippen LogP contribution >= 0.6 is 0 Å². The van der Waals surface area contributed by atoms with E-state index in [0.29, 0.717) is 13.2 Å². The largest absolute Gasteiger partial charge is 0.491 e. The maximum absolute atomic E-state index is 10.4. The number of hydrogen-bond donors (Lipinski definition) is 2. The van der Waals surface area contributed by atoms with Crippen molar-refractivity contribution in [2.24, 2.45) is 0 Å². The molecule has 6 nitrogen and oxygen atoms in total. The van der Waals surface area contributed by atoms with Crippen molar-refractivity contribution >= 4 is 0 Å². The summed E-state index contributed by atoms with van der Waals surface area (Å²) in [5.74, 6) is 0.819. The second kappa shape index (κ2) is 12.6. The van der Waals surface area contributed by atoms with Crippen LogP contribution < -0.4 is 10.1 Å². The summed E-state index contributed by atoms with van der Waals surface area (Å²) in [6.07, 6.45) is 5.40. The van der Waals surface area contributed by atoms with Crippen LogP contribution in [-0.2, 0) is 13.0 Å². The minimum Gasteiger partial charge on any atom is -0.491 e. The molecule has 0 saturated carbocycles. The van der Waals surface area contributed by atoms with Gasteiger partial charge < -0.3 is 20.1 Å². The summed E-state index contributed by atoms with van der Waals surface area (Å²) in [6, 6.07) is 12.2. The lowest BCUT2D eigenvalue weighted by atomic mass is 10.1. The molecule has 0 spiro atoms. The molecule has 2 aromatic rings. The number of hydrogen-bond acceptors (Lipinski definition) is 6. The SMILES string of the molecule is CCN1CCN(CC(O)COc2cccc(CNCCCc3cccnc3)c2)CC1. The highest BCUT2D eigenvalue weighted by molar-refractivity contribution is 5.28. The van der Waals surface area contributed by atoms with Gasteiger partial charge in [0.15, 0.2) is 0 Å². The fourth-order valence-corrected chi connectivity index (χ4v) is 3.77. The normalized spacial score (nSPS) is 16.5. The molecule has 30 heavy (non-hydrogen) atoms. The number of rotatable bonds is 12. The summed E-state index contributed by atoms with van der Waals surface area (Å²) < 4.78 is 5.86. The molecule has 1 saturated heterocycles. The second-order valence-electron chi connectivity index (χ2n) is 7.99. The molecule has 6 heteroatoms. The number of nitrogens with one attached hydrogen (secondary N) is 1. The molecule has 164 valence electrons. The number of aromatic nitrogens is 1. The van der Waals surface area contributed by atoms with E-state index < -0.39 is 6.10 Å². The Balaban J connectivity index is 1.31. The molecule has 1 aromatic heterocycles. The molecule has 3 rings (SSSR count). The summed E-state index contributed by atoms with van der Waals surface area (Å²) in [4.78, 5) is 8.92. The summed E-state index contributed by atoms with van der Waals surface area (Å²) >= 11 is 0. The third-order valence-corrected chi connectivity index (χ3v) is 5.59. The number of piperazine rings is 1. The minimum atomic E-state index is -0.465. The zero-order chi connectivity index (χ0) is 21.0. The van der Waals surface area contributed by atoms with Gasteiger partial charge in [0.1, 0.15) is 18.5 Å². The predicted molar refractivity (Wildman–Crippen MR) is 121 cm³/mol. The summed E-state index contributed by atoms with van der Waals surface area (Å²) in [7, 11) is 0. The van der Waals surface area contributed by atoms with Crippen molar-refractivity contribution < 1.29 is 9.84 Å². The maximum Gasteiger partial charge on any atom is 0.119 e. The van der Waals surface area contributed by atoms with Gasteiger partial charge in [0.25, 0.3) is 0 Å². The fourth-order valence-electron chi connectivity index (χ4n) is 3.77. The lowest BCUT2D eigenvalue weighted by Crippen LogP contribution is -2.49. The van der Waals surface area contributed by atoms with Gasteiger partial charge in [0.05, 0.1) is 0 Å². The van der Waals surface area contributed by atoms with Gasteiger partial charge >= 0.3 is 0 Å². The predicted octanol–water partition coefficient (Wildman–Crippen LogP) is 2.18. The molecule has 0 bridgehead atoms. The van der Waals surface area contributed by atoms with Crippen LogP contribution in [0.15, 0.2) is 48.8 Å². The van der Waals surface area contributed by atoms with Gasteiger partial charge in [0, 0.05) is 51.7 Å². The van der Waals surface area contributed by atoms with E-state index in [0.717, 1.165) is 64.4 Å². The topological polar surface area (TPSA) is 60.9 Å². The first-order valence-electron chi connectivity index (χ1n) is 11.2. The molecule has 1 unspecified atom stereocenters. The Kier molecular flexibility index (Phi) is 9.57. The average Bonchev–Trinajstić information content (AvgIpc) is 2.79. The van der Waals surface area contributed by atoms with Gasteiger partial charge in [-0.25, -0.2) is 0 Å². The van der Waals surface area contributed by atoms with E-state index in [9.17, 15) is 5.11 Å². The molecule has 0 aliphatic carbocycles. The standard InChI is InChI=1S/C24H36N4O2/c1-2-27-12-14-28(15-13-27)19-23(29)20-30-24-9-3-6-22(16-24)18-26-11-5-8-21-7-4-10-25-17-21/h3-4,6-7,9-10,16-17,23,26,29H,2,5,8,11-15,18-20H2,1H3. The average molecular weight is 413 g/mol. The van der Waals surface area contributed by atoms with Gasteiger partial charge in [0.2, 0.25) is 0 Å². The molecule has 1 atom stereocenters. The van der Waals surface area contributed by atoms with E-state index in [4.69, 9.17) is 4.74 Å². The van der Waals surface area contributed by atoms with E-state index in [2.05, 4.69) is 45.2 Å². The lowest BCUT2D eigenvalue weighted by molar-refractivity contribution is 0.0471. The molecule has 1 fully saturated rings. The number of ether oxygens (including phenoxy) is 1. The van der Waals surface area contributed by atoms with Crippen LogP contribution in [0.1, 0.15) is 24.5 Å². The fraction of sp³-hybridized carbons (Fsp3) is 0.542. The summed E-state index contributed by atoms with van der Waals surface area (Å²) in [5.41, 5.74) is 2.47. The quantitative estimate of drug-likeness (QED) is 0.521. The number of aliphatic hydroxyl groups excluding tert-OH is 1. The van der Waals surface area contributed by atoms with Gasteiger partial charge in [-0.3, -0.25) is 9.88 Å². The van der Waals surface area contributed by atoms with Gasteiger partial charge in [-0.1, -0.05) is 25.1 Å². The van der Waals surface area contributed by atoms with Crippen LogP contribution in [0.2, 0.25) is 0 Å². The Morgan fingerprint density at radius 3 is 2.67 bits per heavy atom. The molecule has 0 amide bonds. The molecule has 0 radical (unpaired) electrons. The zero-order valence-corrected chi connectivity index (χ0v) is 18.2. The third-order valence-electron chi connectivity index (χ3n) is 5.59. The van der Waals surface area contributed by atoms with Crippen LogP contribution in [0.25, 0.3) is 0 Å². The number of β-amino-alcohol motifs (C(OH)–C–C–N with tert-alkyl or cyclic N) is 1. The Bertz CT molecular complexity index is 720. The van der Waals surface area contributed by atoms with Crippen molar-refractivity contribution in [3.63, 3.8) is 0 Å². The lowest BCUT2D eigenvalue weighted by Gasteiger charge is -2.34. The molecule has 1 aliphatic heterocycles. The number of likely N-dealkylation sites (N-methyl/N-ethyl adjacent to an activating group) is 1. The number of aliphatic hydroxyl groups is 1. The Morgan fingerprint density at radius 1 is 1.10 bits per heavy atom. The minimum absolute atomic E-state index is 0.329. The molecule has 2 N–H and O–H groups in total. The van der Waals surface area contributed by atoms with E-state index in [1.54, 1.807) is 0 Å². The summed E-state index contributed by atoms with van der Waals surface area (Å²) in [6.45, 7) is 10.3.